The zero-order chi connectivity index (χ0) is 23.4. The number of ether oxygens (including phenoxy) is 1. The van der Waals surface area contributed by atoms with Gasteiger partial charge in [0.1, 0.15) is 5.84 Å². The van der Waals surface area contributed by atoms with Crippen molar-refractivity contribution < 1.29 is 14.3 Å². The van der Waals surface area contributed by atoms with Gasteiger partial charge >= 0.3 is 5.97 Å². The molecular weight excluding hydrogens is 416 g/mol. The number of rotatable bonds is 5. The lowest BCUT2D eigenvalue weighted by Gasteiger charge is -2.16. The molecule has 2 aliphatic heterocycles. The Labute approximate surface area is 194 Å². The van der Waals surface area contributed by atoms with Crippen LogP contribution in [0.5, 0.6) is 0 Å². The minimum Gasteiger partial charge on any atom is -0.463 e. The molecule has 0 atom stereocenters. The third-order valence-electron chi connectivity index (χ3n) is 5.72. The number of carbonyl (C=O) groups is 2. The first-order chi connectivity index (χ1) is 15.9. The molecule has 2 aromatic carbocycles. The molecular formula is C26H30N4O3. The van der Waals surface area contributed by atoms with Gasteiger partial charge in [-0.05, 0) is 61.2 Å². The Bertz CT molecular complexity index is 1100. The summed E-state index contributed by atoms with van der Waals surface area (Å²) in [5.74, 6) is 0.433. The minimum absolute atomic E-state index is 0.0956. The van der Waals surface area contributed by atoms with Crippen molar-refractivity contribution in [1.82, 2.24) is 15.3 Å². The summed E-state index contributed by atoms with van der Waals surface area (Å²) in [6.07, 6.45) is 4.37. The van der Waals surface area contributed by atoms with Crippen LogP contribution in [0.2, 0.25) is 0 Å². The molecule has 172 valence electrons. The second kappa shape index (κ2) is 10.0. The van der Waals surface area contributed by atoms with Gasteiger partial charge in [-0.15, -0.1) is 0 Å². The number of benzene rings is 2. The highest BCUT2D eigenvalue weighted by Gasteiger charge is 2.21. The van der Waals surface area contributed by atoms with Gasteiger partial charge < -0.3 is 15.1 Å². The van der Waals surface area contributed by atoms with Gasteiger partial charge in [-0.1, -0.05) is 18.2 Å². The number of nitrogens with zero attached hydrogens (tertiary/aromatic N) is 3. The van der Waals surface area contributed by atoms with Crippen LogP contribution in [0.3, 0.4) is 0 Å². The molecule has 0 unspecified atom stereocenters. The minimum atomic E-state index is -0.339. The van der Waals surface area contributed by atoms with Crippen LogP contribution in [0.4, 0.5) is 5.69 Å². The molecule has 7 heteroatoms. The number of hydrogen-bond acceptors (Lipinski definition) is 6. The number of amidine groups is 1. The molecule has 1 saturated heterocycles. The van der Waals surface area contributed by atoms with Crippen LogP contribution in [0.15, 0.2) is 53.0 Å². The summed E-state index contributed by atoms with van der Waals surface area (Å²) in [5.41, 5.74) is 8.06. The Hall–Kier alpha value is -3.45. The number of fused-ring (bicyclic) bond motifs is 1. The Morgan fingerprint density at radius 1 is 1.06 bits per heavy atom. The van der Waals surface area contributed by atoms with Gasteiger partial charge in [0.25, 0.3) is 5.91 Å². The first kappa shape index (κ1) is 22.7. The van der Waals surface area contributed by atoms with Gasteiger partial charge in [-0.2, -0.15) is 0 Å². The molecule has 2 heterocycles. The van der Waals surface area contributed by atoms with E-state index in [1.54, 1.807) is 11.9 Å². The third-order valence-corrected chi connectivity index (χ3v) is 5.72. The maximum absolute atomic E-state index is 12.6. The summed E-state index contributed by atoms with van der Waals surface area (Å²) in [5, 5.41) is 1.80. The van der Waals surface area contributed by atoms with E-state index < -0.39 is 0 Å². The summed E-state index contributed by atoms with van der Waals surface area (Å²) in [6.45, 7) is 3.79. The molecule has 0 spiro atoms. The fourth-order valence-corrected chi connectivity index (χ4v) is 4.14. The Kier molecular flexibility index (Phi) is 6.89. The highest BCUT2D eigenvalue weighted by Crippen LogP contribution is 2.32. The Balaban J connectivity index is 1.65. The van der Waals surface area contributed by atoms with Crippen LogP contribution < -0.4 is 5.43 Å². The fraction of sp³-hybridized carbons (Fsp3) is 0.346. The number of carbonyl (C=O) groups excluding carboxylic acids is 2. The summed E-state index contributed by atoms with van der Waals surface area (Å²) in [7, 11) is 3.76. The van der Waals surface area contributed by atoms with Crippen LogP contribution >= 0.6 is 0 Å². The van der Waals surface area contributed by atoms with Crippen molar-refractivity contribution >= 4 is 29.5 Å². The van der Waals surface area contributed by atoms with Gasteiger partial charge in [-0.25, -0.2) is 14.8 Å². The van der Waals surface area contributed by atoms with E-state index in [0.717, 1.165) is 48.3 Å². The van der Waals surface area contributed by atoms with Crippen molar-refractivity contribution in [1.29, 1.82) is 0 Å². The molecule has 1 fully saturated rings. The maximum Gasteiger partial charge on any atom is 0.334 e. The lowest BCUT2D eigenvalue weighted by Crippen LogP contribution is -2.36. The molecule has 0 radical (unpaired) electrons. The Morgan fingerprint density at radius 3 is 2.42 bits per heavy atom. The van der Waals surface area contributed by atoms with E-state index in [4.69, 9.17) is 9.73 Å². The number of nitrogens with one attached hydrogen (secondary N) is 1. The van der Waals surface area contributed by atoms with E-state index in [2.05, 4.69) is 5.43 Å². The zero-order valence-electron chi connectivity index (χ0n) is 19.4. The van der Waals surface area contributed by atoms with Gasteiger partial charge in [0.15, 0.2) is 0 Å². The molecule has 1 N–H and O–H groups in total. The van der Waals surface area contributed by atoms with Crippen molar-refractivity contribution in [3.63, 3.8) is 0 Å². The lowest BCUT2D eigenvalue weighted by atomic mass is 9.99. The lowest BCUT2D eigenvalue weighted by molar-refractivity contribution is -0.138. The number of likely N-dealkylation sites (tertiary alicyclic amines) is 1. The van der Waals surface area contributed by atoms with Crippen LogP contribution in [0.25, 0.3) is 17.2 Å². The van der Waals surface area contributed by atoms with E-state index >= 15 is 0 Å². The van der Waals surface area contributed by atoms with Crippen LogP contribution in [-0.4, -0.2) is 61.4 Å². The van der Waals surface area contributed by atoms with Crippen LogP contribution in [0, 0.1) is 0 Å². The number of aliphatic imine (C=N–C) groups is 1. The van der Waals surface area contributed by atoms with Crippen molar-refractivity contribution in [2.75, 3.05) is 33.8 Å². The molecule has 2 aromatic rings. The van der Waals surface area contributed by atoms with E-state index in [-0.39, 0.29) is 11.9 Å². The molecule has 4 rings (SSSR count). The molecule has 0 aliphatic carbocycles. The predicted molar refractivity (Wildman–Crippen MR) is 130 cm³/mol. The molecule has 2 aliphatic rings. The zero-order valence-corrected chi connectivity index (χ0v) is 19.4. The van der Waals surface area contributed by atoms with E-state index in [1.807, 2.05) is 67.5 Å². The first-order valence-corrected chi connectivity index (χ1v) is 11.4. The molecule has 33 heavy (non-hydrogen) atoms. The number of amides is 1. The molecule has 0 aromatic heterocycles. The normalized spacial score (nSPS) is 15.5. The molecule has 1 amide bonds. The van der Waals surface area contributed by atoms with Crippen molar-refractivity contribution in [2.45, 2.75) is 26.2 Å². The first-order valence-electron chi connectivity index (χ1n) is 11.4. The fourth-order valence-electron chi connectivity index (χ4n) is 4.14. The summed E-state index contributed by atoms with van der Waals surface area (Å²) in [6, 6.07) is 13.7. The topological polar surface area (TPSA) is 74.2 Å². The Morgan fingerprint density at radius 2 is 1.76 bits per heavy atom. The molecule has 0 saturated carbocycles. The molecule has 7 nitrogen and oxygen atoms in total. The van der Waals surface area contributed by atoms with Gasteiger partial charge in [0, 0.05) is 50.3 Å². The number of hydrazine groups is 1. The number of esters is 1. The highest BCUT2D eigenvalue weighted by atomic mass is 16.5. The number of hydrogen-bond donors (Lipinski definition) is 1. The third kappa shape index (κ3) is 5.31. The van der Waals surface area contributed by atoms with E-state index in [9.17, 15) is 9.59 Å². The van der Waals surface area contributed by atoms with E-state index in [0.29, 0.717) is 30.0 Å². The van der Waals surface area contributed by atoms with Crippen LogP contribution in [0.1, 0.15) is 42.1 Å². The molecule has 0 bridgehead atoms. The predicted octanol–water partition coefficient (Wildman–Crippen LogP) is 4.04. The van der Waals surface area contributed by atoms with Crippen molar-refractivity contribution in [3.05, 3.63) is 59.2 Å². The van der Waals surface area contributed by atoms with Crippen LogP contribution in [-0.2, 0) is 9.53 Å². The largest absolute Gasteiger partial charge is 0.463 e. The standard InChI is InChI=1S/C26H30N4O3/c1-4-33-26(32)22-16-21-15-20(11-12-23(21)27-24(17-22)28-29(2)3)18-7-9-19(10-8-18)25(31)30-13-5-6-14-30/h7-12,15-16H,4-6,13-14,17H2,1-3H3,(H,27,28). The summed E-state index contributed by atoms with van der Waals surface area (Å²) >= 11 is 0. The van der Waals surface area contributed by atoms with Crippen molar-refractivity contribution in [2.24, 2.45) is 4.99 Å². The smallest absolute Gasteiger partial charge is 0.334 e. The van der Waals surface area contributed by atoms with Gasteiger partial charge in [0.2, 0.25) is 0 Å². The summed E-state index contributed by atoms with van der Waals surface area (Å²) < 4.78 is 5.26. The SMILES string of the molecule is CCOC(=O)C1=Cc2cc(-c3ccc(C(=O)N4CCCC4)cc3)ccc2N=C(NN(C)C)C1. The quantitative estimate of drug-likeness (QED) is 0.554. The van der Waals surface area contributed by atoms with Gasteiger partial charge in [-0.3, -0.25) is 4.79 Å². The highest BCUT2D eigenvalue weighted by molar-refractivity contribution is 6.03. The average molecular weight is 447 g/mol. The summed E-state index contributed by atoms with van der Waals surface area (Å²) in [4.78, 5) is 31.8. The maximum atomic E-state index is 12.6. The second-order valence-corrected chi connectivity index (χ2v) is 8.48. The van der Waals surface area contributed by atoms with Gasteiger partial charge in [0.05, 0.1) is 12.3 Å². The van der Waals surface area contributed by atoms with E-state index in [1.165, 1.54) is 0 Å². The van der Waals surface area contributed by atoms with Crippen molar-refractivity contribution in [3.8, 4) is 11.1 Å². The second-order valence-electron chi connectivity index (χ2n) is 8.48. The monoisotopic (exact) mass is 446 g/mol. The average Bonchev–Trinajstić information content (AvgIpc) is 3.27.